The van der Waals surface area contributed by atoms with Crippen LogP contribution in [0.5, 0.6) is 0 Å². The van der Waals surface area contributed by atoms with Gasteiger partial charge in [0, 0.05) is 19.2 Å². The van der Waals surface area contributed by atoms with Crippen LogP contribution in [0.4, 0.5) is 13.2 Å². The first-order valence-electron chi connectivity index (χ1n) is 6.37. The van der Waals surface area contributed by atoms with Crippen LogP contribution in [0.25, 0.3) is 0 Å². The van der Waals surface area contributed by atoms with Gasteiger partial charge in [-0.3, -0.25) is 0 Å². The predicted octanol–water partition coefficient (Wildman–Crippen LogP) is 4.31. The largest absolute Gasteiger partial charge is 0.462 e. The molecule has 3 nitrogen and oxygen atoms in total. The van der Waals surface area contributed by atoms with Crippen LogP contribution >= 0.6 is 23.8 Å². The van der Waals surface area contributed by atoms with Gasteiger partial charge < -0.3 is 9.64 Å². The van der Waals surface area contributed by atoms with Crippen molar-refractivity contribution < 1.29 is 22.7 Å². The van der Waals surface area contributed by atoms with E-state index < -0.39 is 17.7 Å². The molecular weight excluding hydrogens is 339 g/mol. The number of carbonyl (C=O) groups excluding carboxylic acids is 1. The lowest BCUT2D eigenvalue weighted by Gasteiger charge is -2.22. The Morgan fingerprint density at radius 3 is 2.45 bits per heavy atom. The summed E-state index contributed by atoms with van der Waals surface area (Å²) in [7, 11) is 1.55. The number of thiocarbonyl (C=S) groups is 1. The van der Waals surface area contributed by atoms with Gasteiger partial charge in [-0.2, -0.15) is 13.2 Å². The van der Waals surface area contributed by atoms with Crippen molar-refractivity contribution in [1.29, 1.82) is 0 Å². The fourth-order valence-corrected chi connectivity index (χ4v) is 2.12. The number of nitrogens with zero attached hydrogens (tertiary/aromatic N) is 1. The Balaban J connectivity index is 3.41. The molecule has 0 aromatic heterocycles. The fourth-order valence-electron chi connectivity index (χ4n) is 1.76. The van der Waals surface area contributed by atoms with Crippen molar-refractivity contribution in [2.75, 3.05) is 13.7 Å². The number of benzene rings is 1. The second-order valence-corrected chi connectivity index (χ2v) is 5.52. The molecule has 1 rings (SSSR count). The highest BCUT2D eigenvalue weighted by Gasteiger charge is 2.35. The predicted molar refractivity (Wildman–Crippen MR) is 82.1 cm³/mol. The molecule has 0 unspecified atom stereocenters. The second kappa shape index (κ2) is 7.28. The Morgan fingerprint density at radius 1 is 1.41 bits per heavy atom. The van der Waals surface area contributed by atoms with Gasteiger partial charge >= 0.3 is 12.1 Å². The van der Waals surface area contributed by atoms with Crippen molar-refractivity contribution in [1.82, 2.24) is 4.90 Å². The smallest absolute Gasteiger partial charge is 0.416 e. The van der Waals surface area contributed by atoms with E-state index in [0.717, 1.165) is 12.1 Å². The number of carbonyl (C=O) groups is 1. The highest BCUT2D eigenvalue weighted by atomic mass is 35.5. The van der Waals surface area contributed by atoms with E-state index in [1.807, 2.05) is 0 Å². The molecule has 0 saturated heterocycles. The lowest BCUT2D eigenvalue weighted by molar-refractivity contribution is -0.138. The molecule has 0 amide bonds. The van der Waals surface area contributed by atoms with Crippen LogP contribution in [-0.4, -0.2) is 29.5 Å². The number of halogens is 4. The molecule has 8 heteroatoms. The Labute approximate surface area is 137 Å². The molecule has 122 valence electrons. The third-order valence-electron chi connectivity index (χ3n) is 2.98. The maximum absolute atomic E-state index is 13.1. The van der Waals surface area contributed by atoms with Gasteiger partial charge in [0.1, 0.15) is 0 Å². The molecule has 0 spiro atoms. The van der Waals surface area contributed by atoms with Gasteiger partial charge in [0.15, 0.2) is 0 Å². The first-order chi connectivity index (χ1) is 10.1. The fraction of sp³-hybridized carbons (Fsp3) is 0.429. The van der Waals surface area contributed by atoms with Crippen LogP contribution in [0, 0.1) is 0 Å². The Bertz CT molecular complexity index is 590. The summed E-state index contributed by atoms with van der Waals surface area (Å²) in [5.74, 6) is -0.760. The van der Waals surface area contributed by atoms with Crippen LogP contribution in [0.2, 0.25) is 5.02 Å². The van der Waals surface area contributed by atoms with Gasteiger partial charge in [-0.05, 0) is 26.0 Å². The molecular formula is C14H15ClF3NO2S. The van der Waals surface area contributed by atoms with E-state index in [0.29, 0.717) is 4.99 Å². The molecule has 1 aromatic rings. The molecule has 0 radical (unpaired) electrons. The SMILES string of the molecule is CCOC(=O)c1ccc(C(F)(F)F)c(CN(C)C(C)=S)c1Cl. The van der Waals surface area contributed by atoms with Gasteiger partial charge in [-0.1, -0.05) is 23.8 Å². The molecule has 0 aliphatic carbocycles. The van der Waals surface area contributed by atoms with Gasteiger partial charge in [-0.25, -0.2) is 4.79 Å². The molecule has 22 heavy (non-hydrogen) atoms. The Kier molecular flexibility index (Phi) is 6.19. The quantitative estimate of drug-likeness (QED) is 0.595. The van der Waals surface area contributed by atoms with Gasteiger partial charge in [0.25, 0.3) is 0 Å². The number of hydrogen-bond acceptors (Lipinski definition) is 3. The summed E-state index contributed by atoms with van der Waals surface area (Å²) in [4.78, 5) is 13.6. The number of alkyl halides is 3. The van der Waals surface area contributed by atoms with Crippen LogP contribution < -0.4 is 0 Å². The van der Waals surface area contributed by atoms with E-state index in [4.69, 9.17) is 28.6 Å². The van der Waals surface area contributed by atoms with Crippen molar-refractivity contribution in [3.05, 3.63) is 33.8 Å². The summed E-state index contributed by atoms with van der Waals surface area (Å²) in [6.07, 6.45) is -4.58. The first-order valence-corrected chi connectivity index (χ1v) is 7.15. The van der Waals surface area contributed by atoms with Crippen molar-refractivity contribution in [2.45, 2.75) is 26.6 Å². The standard InChI is InChI=1S/C14H15ClF3NO2S/c1-4-21-13(20)9-5-6-11(14(16,17)18)10(12(9)15)7-19(3)8(2)22/h5-6H,4,7H2,1-3H3. The monoisotopic (exact) mass is 353 g/mol. The van der Waals surface area contributed by atoms with Crippen LogP contribution in [0.15, 0.2) is 12.1 Å². The average Bonchev–Trinajstić information content (AvgIpc) is 2.39. The normalized spacial score (nSPS) is 11.2. The second-order valence-electron chi connectivity index (χ2n) is 4.55. The van der Waals surface area contributed by atoms with E-state index in [9.17, 15) is 18.0 Å². The Hall–Kier alpha value is -1.34. The zero-order valence-corrected chi connectivity index (χ0v) is 13.8. The minimum Gasteiger partial charge on any atom is -0.462 e. The molecule has 0 saturated carbocycles. The molecule has 0 aliphatic heterocycles. The van der Waals surface area contributed by atoms with Crippen molar-refractivity contribution >= 4 is 34.8 Å². The number of esters is 1. The lowest BCUT2D eigenvalue weighted by Crippen LogP contribution is -2.24. The van der Waals surface area contributed by atoms with Crippen LogP contribution in [0.3, 0.4) is 0 Å². The molecule has 0 heterocycles. The molecule has 0 aliphatic rings. The van der Waals surface area contributed by atoms with Gasteiger partial charge in [0.2, 0.25) is 0 Å². The molecule has 1 aromatic carbocycles. The zero-order valence-electron chi connectivity index (χ0n) is 12.3. The van der Waals surface area contributed by atoms with E-state index in [-0.39, 0.29) is 29.3 Å². The minimum absolute atomic E-state index is 0.0954. The van der Waals surface area contributed by atoms with Crippen LogP contribution in [0.1, 0.15) is 35.3 Å². The molecule has 0 N–H and O–H groups in total. The van der Waals surface area contributed by atoms with Crippen LogP contribution in [-0.2, 0) is 17.5 Å². The van der Waals surface area contributed by atoms with Crippen molar-refractivity contribution in [2.24, 2.45) is 0 Å². The molecule has 0 bridgehead atoms. The van der Waals surface area contributed by atoms with Crippen molar-refractivity contribution in [3.63, 3.8) is 0 Å². The van der Waals surface area contributed by atoms with E-state index >= 15 is 0 Å². The summed E-state index contributed by atoms with van der Waals surface area (Å²) >= 11 is 11.0. The number of ether oxygens (including phenoxy) is 1. The summed E-state index contributed by atoms with van der Waals surface area (Å²) in [5.41, 5.74) is -1.19. The van der Waals surface area contributed by atoms with E-state index in [2.05, 4.69) is 0 Å². The molecule has 0 fully saturated rings. The Morgan fingerprint density at radius 2 is 2.00 bits per heavy atom. The van der Waals surface area contributed by atoms with Gasteiger partial charge in [0.05, 0.1) is 27.7 Å². The van der Waals surface area contributed by atoms with Gasteiger partial charge in [-0.15, -0.1) is 0 Å². The zero-order chi connectivity index (χ0) is 17.1. The summed E-state index contributed by atoms with van der Waals surface area (Å²) in [5, 5.41) is -0.267. The summed E-state index contributed by atoms with van der Waals surface area (Å²) in [6.45, 7) is 3.13. The highest BCUT2D eigenvalue weighted by Crippen LogP contribution is 2.37. The highest BCUT2D eigenvalue weighted by molar-refractivity contribution is 7.80. The summed E-state index contributed by atoms with van der Waals surface area (Å²) < 4.78 is 44.2. The third-order valence-corrected chi connectivity index (χ3v) is 3.72. The topological polar surface area (TPSA) is 29.5 Å². The lowest BCUT2D eigenvalue weighted by atomic mass is 10.0. The third kappa shape index (κ3) is 4.33. The average molecular weight is 354 g/mol. The number of hydrogen-bond donors (Lipinski definition) is 0. The van der Waals surface area contributed by atoms with E-state index in [1.165, 1.54) is 4.90 Å². The maximum atomic E-state index is 13.1. The maximum Gasteiger partial charge on any atom is 0.416 e. The minimum atomic E-state index is -4.58. The van der Waals surface area contributed by atoms with Crippen molar-refractivity contribution in [3.8, 4) is 0 Å². The summed E-state index contributed by atoms with van der Waals surface area (Å²) in [6, 6.07) is 1.86. The van der Waals surface area contributed by atoms with E-state index in [1.54, 1.807) is 20.9 Å². The molecule has 0 atom stereocenters. The number of rotatable bonds is 4. The first kappa shape index (κ1) is 18.7.